The Bertz CT molecular complexity index is 450. The highest BCUT2D eigenvalue weighted by molar-refractivity contribution is 5.83. The van der Waals surface area contributed by atoms with Crippen LogP contribution < -0.4 is 0 Å². The summed E-state index contributed by atoms with van der Waals surface area (Å²) < 4.78 is 13.3. The Kier molecular flexibility index (Phi) is 4.42. The zero-order valence-corrected chi connectivity index (χ0v) is 10.4. The summed E-state index contributed by atoms with van der Waals surface area (Å²) in [6.45, 7) is 3.58. The highest BCUT2D eigenvalue weighted by Gasteiger charge is 2.43. The molecule has 0 spiro atoms. The van der Waals surface area contributed by atoms with E-state index in [1.807, 2.05) is 0 Å². The fourth-order valence-electron chi connectivity index (χ4n) is 2.15. The first kappa shape index (κ1) is 14.2. The van der Waals surface area contributed by atoms with E-state index in [2.05, 4.69) is 0 Å². The molecule has 0 heterocycles. The second kappa shape index (κ2) is 5.62. The number of nitrogens with zero attached hydrogens (tertiary/aromatic N) is 1. The van der Waals surface area contributed by atoms with E-state index < -0.39 is 17.3 Å². The number of hydrogen-bond donors (Lipinski definition) is 1. The molecule has 1 unspecified atom stereocenters. The number of halogens is 1. The maximum absolute atomic E-state index is 13.3. The van der Waals surface area contributed by atoms with Crippen LogP contribution in [0.1, 0.15) is 25.8 Å². The van der Waals surface area contributed by atoms with Gasteiger partial charge < -0.3 is 10.0 Å². The minimum atomic E-state index is -1.52. The van der Waals surface area contributed by atoms with Crippen molar-refractivity contribution in [3.8, 4) is 0 Å². The lowest BCUT2D eigenvalue weighted by molar-refractivity contribution is -0.156. The van der Waals surface area contributed by atoms with E-state index in [1.54, 1.807) is 13.8 Å². The fraction of sp³-hybridized carbons (Fsp3) is 0.385. The van der Waals surface area contributed by atoms with Crippen molar-refractivity contribution >= 4 is 12.4 Å². The number of aliphatic carboxylic acids is 1. The lowest BCUT2D eigenvalue weighted by atomic mass is 9.85. The van der Waals surface area contributed by atoms with Gasteiger partial charge in [0.25, 0.3) is 0 Å². The number of likely N-dealkylation sites (N-methyl/N-ethyl adjacent to an activating group) is 1. The van der Waals surface area contributed by atoms with Gasteiger partial charge in [0, 0.05) is 6.54 Å². The number of benzene rings is 1. The smallest absolute Gasteiger partial charge is 0.334 e. The van der Waals surface area contributed by atoms with Crippen molar-refractivity contribution in [2.24, 2.45) is 0 Å². The molecule has 98 valence electrons. The molecule has 1 atom stereocenters. The van der Waals surface area contributed by atoms with Gasteiger partial charge in [0.05, 0.1) is 0 Å². The highest BCUT2D eigenvalue weighted by Crippen LogP contribution is 2.32. The molecule has 1 aromatic carbocycles. The Morgan fingerprint density at radius 2 is 2.17 bits per heavy atom. The largest absolute Gasteiger partial charge is 0.479 e. The third kappa shape index (κ3) is 2.20. The molecule has 1 amide bonds. The zero-order chi connectivity index (χ0) is 13.8. The quantitative estimate of drug-likeness (QED) is 0.789. The summed E-state index contributed by atoms with van der Waals surface area (Å²) in [6.07, 6.45) is 0.654. The van der Waals surface area contributed by atoms with Crippen molar-refractivity contribution in [2.45, 2.75) is 25.8 Å². The maximum atomic E-state index is 13.3. The van der Waals surface area contributed by atoms with Crippen molar-refractivity contribution in [3.63, 3.8) is 0 Å². The van der Waals surface area contributed by atoms with Crippen LogP contribution in [0.25, 0.3) is 0 Å². The van der Waals surface area contributed by atoms with Gasteiger partial charge in [0.2, 0.25) is 6.41 Å². The number of carboxylic acid groups (broad SMARTS) is 1. The molecule has 0 bridgehead atoms. The van der Waals surface area contributed by atoms with Crippen molar-refractivity contribution < 1.29 is 19.1 Å². The molecule has 0 saturated heterocycles. The molecular formula is C13H16FNO3. The summed E-state index contributed by atoms with van der Waals surface area (Å²) in [5.41, 5.74) is -1.25. The van der Waals surface area contributed by atoms with Crippen LogP contribution in [-0.2, 0) is 15.1 Å². The SMILES string of the molecule is CCN(C=O)C(CC)(C(=O)O)c1cccc(F)c1. The molecule has 0 aliphatic rings. The van der Waals surface area contributed by atoms with Crippen LogP contribution in [0.4, 0.5) is 4.39 Å². The van der Waals surface area contributed by atoms with E-state index in [0.717, 1.165) is 6.07 Å². The molecule has 0 fully saturated rings. The number of hydrogen-bond acceptors (Lipinski definition) is 2. The Morgan fingerprint density at radius 3 is 2.56 bits per heavy atom. The molecule has 18 heavy (non-hydrogen) atoms. The van der Waals surface area contributed by atoms with E-state index >= 15 is 0 Å². The maximum Gasteiger partial charge on any atom is 0.334 e. The van der Waals surface area contributed by atoms with Gasteiger partial charge in [-0.3, -0.25) is 4.79 Å². The number of carbonyl (C=O) groups excluding carboxylic acids is 1. The fourth-order valence-corrected chi connectivity index (χ4v) is 2.15. The van der Waals surface area contributed by atoms with Crippen molar-refractivity contribution in [3.05, 3.63) is 35.6 Å². The van der Waals surface area contributed by atoms with Gasteiger partial charge in [-0.05, 0) is 31.0 Å². The highest BCUT2D eigenvalue weighted by atomic mass is 19.1. The van der Waals surface area contributed by atoms with Crippen LogP contribution in [0.15, 0.2) is 24.3 Å². The van der Waals surface area contributed by atoms with Crippen LogP contribution in [0.2, 0.25) is 0 Å². The van der Waals surface area contributed by atoms with Gasteiger partial charge in [-0.2, -0.15) is 0 Å². The first-order valence-corrected chi connectivity index (χ1v) is 5.74. The monoisotopic (exact) mass is 253 g/mol. The van der Waals surface area contributed by atoms with Gasteiger partial charge in [-0.1, -0.05) is 19.1 Å². The summed E-state index contributed by atoms with van der Waals surface area (Å²) in [5.74, 6) is -1.68. The second-order valence-corrected chi connectivity index (χ2v) is 3.92. The third-order valence-electron chi connectivity index (χ3n) is 3.13. The van der Waals surface area contributed by atoms with Crippen LogP contribution in [0, 0.1) is 5.82 Å². The van der Waals surface area contributed by atoms with Crippen LogP contribution in [0.3, 0.4) is 0 Å². The standard InChI is InChI=1S/C13H16FNO3/c1-3-13(12(17)18,15(4-2)9-16)10-6-5-7-11(14)8-10/h5-9H,3-4H2,1-2H3,(H,17,18). The van der Waals surface area contributed by atoms with Crippen LogP contribution in [0.5, 0.6) is 0 Å². The average molecular weight is 253 g/mol. The van der Waals surface area contributed by atoms with Crippen LogP contribution >= 0.6 is 0 Å². The summed E-state index contributed by atoms with van der Waals surface area (Å²) in [4.78, 5) is 23.8. The summed E-state index contributed by atoms with van der Waals surface area (Å²) in [7, 11) is 0. The molecule has 1 N–H and O–H groups in total. The molecule has 1 rings (SSSR count). The number of rotatable bonds is 6. The molecular weight excluding hydrogens is 237 g/mol. The van der Waals surface area contributed by atoms with Crippen molar-refractivity contribution in [1.82, 2.24) is 4.90 Å². The normalized spacial score (nSPS) is 13.7. The van der Waals surface area contributed by atoms with Crippen molar-refractivity contribution in [2.75, 3.05) is 6.54 Å². The molecule has 0 aromatic heterocycles. The molecule has 0 aliphatic heterocycles. The first-order chi connectivity index (χ1) is 8.52. The predicted molar refractivity (Wildman–Crippen MR) is 64.4 cm³/mol. The zero-order valence-electron chi connectivity index (χ0n) is 10.4. The van der Waals surface area contributed by atoms with Crippen molar-refractivity contribution in [1.29, 1.82) is 0 Å². The molecule has 0 aliphatic carbocycles. The van der Waals surface area contributed by atoms with Gasteiger partial charge in [0.15, 0.2) is 5.54 Å². The molecule has 1 aromatic rings. The molecule has 5 heteroatoms. The van der Waals surface area contributed by atoms with Gasteiger partial charge in [-0.15, -0.1) is 0 Å². The van der Waals surface area contributed by atoms with E-state index in [1.165, 1.54) is 23.1 Å². The summed E-state index contributed by atoms with van der Waals surface area (Å²) in [6, 6.07) is 5.36. The Labute approximate surface area is 105 Å². The minimum absolute atomic E-state index is 0.165. The second-order valence-electron chi connectivity index (χ2n) is 3.92. The Hall–Kier alpha value is -1.91. The van der Waals surface area contributed by atoms with E-state index in [0.29, 0.717) is 6.41 Å². The lowest BCUT2D eigenvalue weighted by Crippen LogP contribution is -2.51. The summed E-state index contributed by atoms with van der Waals surface area (Å²) in [5, 5.41) is 9.48. The number of carbonyl (C=O) groups is 2. The average Bonchev–Trinajstić information content (AvgIpc) is 2.35. The first-order valence-electron chi connectivity index (χ1n) is 5.74. The van der Waals surface area contributed by atoms with Crippen LogP contribution in [-0.4, -0.2) is 28.9 Å². The van der Waals surface area contributed by atoms with Gasteiger partial charge >= 0.3 is 5.97 Å². The minimum Gasteiger partial charge on any atom is -0.479 e. The van der Waals surface area contributed by atoms with E-state index in [4.69, 9.17) is 0 Å². The third-order valence-corrected chi connectivity index (χ3v) is 3.13. The van der Waals surface area contributed by atoms with E-state index in [-0.39, 0.29) is 18.5 Å². The summed E-state index contributed by atoms with van der Waals surface area (Å²) >= 11 is 0. The van der Waals surface area contributed by atoms with Gasteiger partial charge in [-0.25, -0.2) is 9.18 Å². The molecule has 0 radical (unpaired) electrons. The van der Waals surface area contributed by atoms with E-state index in [9.17, 15) is 19.1 Å². The Balaban J connectivity index is 3.45. The predicted octanol–water partition coefficient (Wildman–Crippen LogP) is 1.99. The molecule has 4 nitrogen and oxygen atoms in total. The lowest BCUT2D eigenvalue weighted by Gasteiger charge is -2.37. The topological polar surface area (TPSA) is 57.6 Å². The number of amides is 1. The Morgan fingerprint density at radius 1 is 1.50 bits per heavy atom. The molecule has 0 saturated carbocycles. The number of carboxylic acids is 1. The van der Waals surface area contributed by atoms with Gasteiger partial charge in [0.1, 0.15) is 5.82 Å².